The lowest BCUT2D eigenvalue weighted by molar-refractivity contribution is 0.417. The van der Waals surface area contributed by atoms with E-state index in [-0.39, 0.29) is 4.90 Å². The first-order valence-corrected chi connectivity index (χ1v) is 9.83. The molecule has 0 unspecified atom stereocenters. The summed E-state index contributed by atoms with van der Waals surface area (Å²) < 4.78 is 39.3. The van der Waals surface area contributed by atoms with E-state index in [1.54, 1.807) is 44.2 Å². The van der Waals surface area contributed by atoms with Gasteiger partial charge in [0.05, 0.1) is 24.1 Å². The Morgan fingerprint density at radius 2 is 1.88 bits per heavy atom. The Labute approximate surface area is 150 Å². The number of hydrogen-bond donors (Lipinski definition) is 1. The van der Waals surface area contributed by atoms with Crippen LogP contribution < -0.4 is 9.46 Å². The van der Waals surface area contributed by atoms with Crippen molar-refractivity contribution in [3.8, 4) is 17.1 Å². The summed E-state index contributed by atoms with van der Waals surface area (Å²) in [6.07, 6.45) is 0. The summed E-state index contributed by atoms with van der Waals surface area (Å²) >= 11 is 1.41. The summed E-state index contributed by atoms with van der Waals surface area (Å²) in [6.45, 7) is 5.44. The number of rotatable bonds is 5. The van der Waals surface area contributed by atoms with Gasteiger partial charge in [0.15, 0.2) is 5.76 Å². The third kappa shape index (κ3) is 3.27. The molecule has 0 radical (unpaired) electrons. The van der Waals surface area contributed by atoms with Crippen LogP contribution in [-0.4, -0.2) is 20.7 Å². The average molecular weight is 378 g/mol. The van der Waals surface area contributed by atoms with Crippen molar-refractivity contribution < 1.29 is 17.7 Å². The van der Waals surface area contributed by atoms with Gasteiger partial charge in [0.1, 0.15) is 10.6 Å². The second-order valence-electron chi connectivity index (χ2n) is 5.56. The Balaban J connectivity index is 2.12. The van der Waals surface area contributed by atoms with Gasteiger partial charge in [0, 0.05) is 15.8 Å². The van der Waals surface area contributed by atoms with Crippen molar-refractivity contribution in [1.29, 1.82) is 0 Å². The van der Waals surface area contributed by atoms with Crippen molar-refractivity contribution >= 4 is 27.0 Å². The van der Waals surface area contributed by atoms with Crippen LogP contribution in [0, 0.1) is 20.8 Å². The van der Waals surface area contributed by atoms with Gasteiger partial charge in [0.25, 0.3) is 10.0 Å². The molecule has 0 aliphatic heterocycles. The van der Waals surface area contributed by atoms with Crippen LogP contribution >= 0.6 is 11.3 Å². The van der Waals surface area contributed by atoms with E-state index in [4.69, 9.17) is 9.26 Å². The van der Waals surface area contributed by atoms with E-state index in [9.17, 15) is 8.42 Å². The van der Waals surface area contributed by atoms with Crippen LogP contribution in [0.5, 0.6) is 5.75 Å². The fourth-order valence-electron chi connectivity index (χ4n) is 2.68. The Kier molecular flexibility index (Phi) is 4.57. The minimum absolute atomic E-state index is 0.206. The maximum Gasteiger partial charge on any atom is 0.263 e. The van der Waals surface area contributed by atoms with E-state index < -0.39 is 10.0 Å². The normalized spacial score (nSPS) is 11.5. The van der Waals surface area contributed by atoms with Crippen molar-refractivity contribution in [1.82, 2.24) is 5.16 Å². The second-order valence-corrected chi connectivity index (χ2v) is 8.61. The van der Waals surface area contributed by atoms with Gasteiger partial charge in [-0.05, 0) is 32.9 Å². The molecule has 3 rings (SSSR count). The molecule has 0 bridgehead atoms. The summed E-state index contributed by atoms with van der Waals surface area (Å²) in [7, 11) is -2.34. The maximum atomic E-state index is 13.1. The molecule has 0 spiro atoms. The highest BCUT2D eigenvalue weighted by molar-refractivity contribution is 7.93. The number of ether oxygens (including phenoxy) is 1. The Morgan fingerprint density at radius 3 is 2.52 bits per heavy atom. The molecule has 0 saturated carbocycles. The number of sulfonamides is 1. The van der Waals surface area contributed by atoms with Crippen LogP contribution in [0.1, 0.15) is 15.4 Å². The summed E-state index contributed by atoms with van der Waals surface area (Å²) in [4.78, 5) is 1.75. The van der Waals surface area contributed by atoms with Crippen molar-refractivity contribution in [2.24, 2.45) is 0 Å². The fourth-order valence-corrected chi connectivity index (χ4v) is 5.62. The largest absolute Gasteiger partial charge is 0.495 e. The Bertz CT molecular complexity index is 1020. The van der Waals surface area contributed by atoms with E-state index in [0.29, 0.717) is 33.3 Å². The molecule has 0 atom stereocenters. The van der Waals surface area contributed by atoms with Crippen LogP contribution in [0.3, 0.4) is 0 Å². The van der Waals surface area contributed by atoms with Crippen LogP contribution in [-0.2, 0) is 10.0 Å². The summed E-state index contributed by atoms with van der Waals surface area (Å²) in [6, 6.07) is 8.61. The van der Waals surface area contributed by atoms with E-state index in [2.05, 4.69) is 9.88 Å². The number of methoxy groups -OCH3 is 1. The summed E-state index contributed by atoms with van der Waals surface area (Å²) in [5, 5.41) is 3.87. The predicted octanol–water partition coefficient (Wildman–Crippen LogP) is 4.14. The van der Waals surface area contributed by atoms with Crippen LogP contribution in [0.2, 0.25) is 0 Å². The number of nitrogens with zero attached hydrogens (tertiary/aromatic N) is 1. The molecule has 0 fully saturated rings. The Hall–Kier alpha value is -2.32. The number of para-hydroxylation sites is 2. The van der Waals surface area contributed by atoms with E-state index >= 15 is 0 Å². The van der Waals surface area contributed by atoms with Gasteiger partial charge >= 0.3 is 0 Å². The smallest absolute Gasteiger partial charge is 0.263 e. The highest BCUT2D eigenvalue weighted by atomic mass is 32.2. The van der Waals surface area contributed by atoms with Crippen LogP contribution in [0.25, 0.3) is 11.3 Å². The molecule has 0 amide bonds. The van der Waals surface area contributed by atoms with Crippen molar-refractivity contribution in [2.75, 3.05) is 11.8 Å². The number of nitrogens with one attached hydrogen (secondary N) is 1. The lowest BCUT2D eigenvalue weighted by atomic mass is 10.2. The van der Waals surface area contributed by atoms with E-state index in [1.165, 1.54) is 18.4 Å². The van der Waals surface area contributed by atoms with Gasteiger partial charge in [-0.25, -0.2) is 8.42 Å². The molecule has 0 aliphatic carbocycles. The number of thiophene rings is 1. The molecule has 2 heterocycles. The third-order valence-corrected chi connectivity index (χ3v) is 6.39. The topological polar surface area (TPSA) is 81.4 Å². The average Bonchev–Trinajstić information content (AvgIpc) is 3.10. The molecule has 3 aromatic rings. The third-order valence-electron chi connectivity index (χ3n) is 3.70. The van der Waals surface area contributed by atoms with Gasteiger partial charge in [-0.3, -0.25) is 4.72 Å². The number of aryl methyl sites for hydroxylation is 3. The van der Waals surface area contributed by atoms with Gasteiger partial charge in [-0.15, -0.1) is 11.3 Å². The molecule has 1 N–H and O–H groups in total. The fraction of sp³-hybridized carbons (Fsp3) is 0.235. The minimum atomic E-state index is -3.83. The minimum Gasteiger partial charge on any atom is -0.495 e. The monoisotopic (exact) mass is 378 g/mol. The van der Waals surface area contributed by atoms with Gasteiger partial charge < -0.3 is 9.26 Å². The lowest BCUT2D eigenvalue weighted by Gasteiger charge is -2.12. The zero-order chi connectivity index (χ0) is 18.2. The molecule has 8 heteroatoms. The molecule has 0 aliphatic rings. The van der Waals surface area contributed by atoms with E-state index in [1.807, 2.05) is 6.92 Å². The lowest BCUT2D eigenvalue weighted by Crippen LogP contribution is -2.14. The molecule has 0 saturated heterocycles. The second kappa shape index (κ2) is 6.53. The standard InChI is InChI=1S/C17H18N2O4S2/c1-10-9-15(23-18-10)16-11(2)24-12(3)17(16)25(20,21)19-13-7-5-6-8-14(13)22-4/h5-9,19H,1-4H3. The zero-order valence-corrected chi connectivity index (χ0v) is 15.9. The van der Waals surface area contributed by atoms with E-state index in [0.717, 1.165) is 4.88 Å². The summed E-state index contributed by atoms with van der Waals surface area (Å²) in [5.41, 5.74) is 1.62. The van der Waals surface area contributed by atoms with Crippen molar-refractivity contribution in [3.05, 3.63) is 45.8 Å². The molecule has 1 aromatic carbocycles. The van der Waals surface area contributed by atoms with Crippen molar-refractivity contribution in [3.63, 3.8) is 0 Å². The van der Waals surface area contributed by atoms with Gasteiger partial charge in [-0.1, -0.05) is 17.3 Å². The Morgan fingerprint density at radius 1 is 1.16 bits per heavy atom. The van der Waals surface area contributed by atoms with Gasteiger partial charge in [-0.2, -0.15) is 0 Å². The number of benzene rings is 1. The zero-order valence-electron chi connectivity index (χ0n) is 14.3. The first-order chi connectivity index (χ1) is 11.8. The predicted molar refractivity (Wildman–Crippen MR) is 97.8 cm³/mol. The molecule has 25 heavy (non-hydrogen) atoms. The molecule has 6 nitrogen and oxygen atoms in total. The SMILES string of the molecule is COc1ccccc1NS(=O)(=O)c1c(C)sc(C)c1-c1cc(C)no1. The number of aromatic nitrogens is 1. The first-order valence-electron chi connectivity index (χ1n) is 7.53. The van der Waals surface area contributed by atoms with Gasteiger partial charge in [0.2, 0.25) is 0 Å². The molecular weight excluding hydrogens is 360 g/mol. The molecular formula is C17H18N2O4S2. The van der Waals surface area contributed by atoms with Crippen LogP contribution in [0.4, 0.5) is 5.69 Å². The van der Waals surface area contributed by atoms with Crippen LogP contribution in [0.15, 0.2) is 39.8 Å². The van der Waals surface area contributed by atoms with Crippen molar-refractivity contribution in [2.45, 2.75) is 25.7 Å². The maximum absolute atomic E-state index is 13.1. The molecule has 132 valence electrons. The highest BCUT2D eigenvalue weighted by Crippen LogP contribution is 2.40. The first kappa shape index (κ1) is 17.5. The number of hydrogen-bond acceptors (Lipinski definition) is 6. The quantitative estimate of drug-likeness (QED) is 0.722. The highest BCUT2D eigenvalue weighted by Gasteiger charge is 2.29. The number of anilines is 1. The molecule has 2 aromatic heterocycles. The summed E-state index contributed by atoms with van der Waals surface area (Å²) in [5.74, 6) is 0.896.